The van der Waals surface area contributed by atoms with Gasteiger partial charge < -0.3 is 15.8 Å². The molecule has 2 aliphatic heterocycles. The first kappa shape index (κ1) is 20.7. The van der Waals surface area contributed by atoms with Crippen LogP contribution in [0.4, 0.5) is 0 Å². The summed E-state index contributed by atoms with van der Waals surface area (Å²) in [5.74, 6) is -0.418. The Kier molecular flexibility index (Phi) is 6.25. The van der Waals surface area contributed by atoms with Gasteiger partial charge in [-0.2, -0.15) is 0 Å². The summed E-state index contributed by atoms with van der Waals surface area (Å²) in [4.78, 5) is 26.5. The highest BCUT2D eigenvalue weighted by molar-refractivity contribution is 6.30. The van der Waals surface area contributed by atoms with Gasteiger partial charge >= 0.3 is 0 Å². The van der Waals surface area contributed by atoms with E-state index in [4.69, 9.17) is 22.1 Å². The lowest BCUT2D eigenvalue weighted by Gasteiger charge is -2.39. The SMILES string of the molecule is NC(=O)c1ccccc1OCC(=O)N[C@H]1C[C@H]2CC[C@@H](C1)N2Cc1ccc(Cl)cc1. The quantitative estimate of drug-likeness (QED) is 0.711. The van der Waals surface area contributed by atoms with Crippen LogP contribution in [-0.4, -0.2) is 41.4 Å². The number of halogens is 1. The largest absolute Gasteiger partial charge is 0.483 e. The smallest absolute Gasteiger partial charge is 0.258 e. The number of amides is 2. The lowest BCUT2D eigenvalue weighted by Crippen LogP contribution is -2.50. The highest BCUT2D eigenvalue weighted by Gasteiger charge is 2.40. The zero-order valence-corrected chi connectivity index (χ0v) is 17.5. The van der Waals surface area contributed by atoms with E-state index >= 15 is 0 Å². The van der Waals surface area contributed by atoms with Gasteiger partial charge in [0, 0.05) is 29.7 Å². The molecule has 0 aliphatic carbocycles. The Morgan fingerprint density at radius 1 is 1.07 bits per heavy atom. The van der Waals surface area contributed by atoms with E-state index in [9.17, 15) is 9.59 Å². The van der Waals surface area contributed by atoms with Crippen molar-refractivity contribution < 1.29 is 14.3 Å². The first-order valence-corrected chi connectivity index (χ1v) is 10.7. The molecule has 2 aliphatic rings. The molecule has 2 bridgehead atoms. The average Bonchev–Trinajstić information content (AvgIpc) is 2.96. The molecule has 0 spiro atoms. The minimum Gasteiger partial charge on any atom is -0.483 e. The molecular weight excluding hydrogens is 402 g/mol. The van der Waals surface area contributed by atoms with E-state index in [-0.39, 0.29) is 24.1 Å². The van der Waals surface area contributed by atoms with Crippen molar-refractivity contribution in [2.45, 2.75) is 50.4 Å². The van der Waals surface area contributed by atoms with Crippen molar-refractivity contribution >= 4 is 23.4 Å². The van der Waals surface area contributed by atoms with Gasteiger partial charge in [0.15, 0.2) is 6.61 Å². The Hall–Kier alpha value is -2.57. The molecule has 3 N–H and O–H groups in total. The van der Waals surface area contributed by atoms with Crippen molar-refractivity contribution in [2.24, 2.45) is 5.73 Å². The summed E-state index contributed by atoms with van der Waals surface area (Å²) in [6, 6.07) is 15.8. The zero-order chi connectivity index (χ0) is 21.1. The van der Waals surface area contributed by atoms with Crippen molar-refractivity contribution in [1.82, 2.24) is 10.2 Å². The Balaban J connectivity index is 1.29. The van der Waals surface area contributed by atoms with Gasteiger partial charge in [-0.1, -0.05) is 35.9 Å². The second-order valence-corrected chi connectivity index (χ2v) is 8.51. The van der Waals surface area contributed by atoms with Crippen LogP contribution >= 0.6 is 11.6 Å². The van der Waals surface area contributed by atoms with Gasteiger partial charge in [-0.15, -0.1) is 0 Å². The van der Waals surface area contributed by atoms with Crippen LogP contribution in [0.2, 0.25) is 5.02 Å². The van der Waals surface area contributed by atoms with Crippen LogP contribution in [0.3, 0.4) is 0 Å². The third-order valence-corrected chi connectivity index (χ3v) is 6.29. The molecule has 4 rings (SSSR count). The molecule has 7 heteroatoms. The number of hydrogen-bond acceptors (Lipinski definition) is 4. The van der Waals surface area contributed by atoms with Crippen molar-refractivity contribution in [3.8, 4) is 5.75 Å². The second-order valence-electron chi connectivity index (χ2n) is 8.07. The number of carbonyl (C=O) groups excluding carboxylic acids is 2. The standard InChI is InChI=1S/C23H26ClN3O3/c24-16-7-5-15(6-8-16)13-27-18-9-10-19(27)12-17(11-18)26-22(28)14-30-21-4-2-1-3-20(21)23(25)29/h1-8,17-19H,9-14H2,(H2,25,29)(H,26,28)/t17-,18+,19-. The van der Waals surface area contributed by atoms with E-state index in [0.29, 0.717) is 17.8 Å². The van der Waals surface area contributed by atoms with Crippen LogP contribution < -0.4 is 15.8 Å². The van der Waals surface area contributed by atoms with Crippen LogP contribution in [0, 0.1) is 0 Å². The molecule has 0 unspecified atom stereocenters. The van der Waals surface area contributed by atoms with Gasteiger partial charge in [-0.3, -0.25) is 14.5 Å². The number of nitrogens with zero attached hydrogens (tertiary/aromatic N) is 1. The average molecular weight is 428 g/mol. The van der Waals surface area contributed by atoms with E-state index in [1.807, 2.05) is 12.1 Å². The maximum atomic E-state index is 12.4. The number of carbonyl (C=O) groups is 2. The Morgan fingerprint density at radius 3 is 2.40 bits per heavy atom. The van der Waals surface area contributed by atoms with Gasteiger partial charge in [-0.25, -0.2) is 0 Å². The summed E-state index contributed by atoms with van der Waals surface area (Å²) in [6.45, 7) is 0.783. The fourth-order valence-corrected chi connectivity index (χ4v) is 4.79. The molecule has 2 amide bonds. The molecule has 2 saturated heterocycles. The number of primary amides is 1. The third-order valence-electron chi connectivity index (χ3n) is 6.04. The molecule has 30 heavy (non-hydrogen) atoms. The van der Waals surface area contributed by atoms with E-state index in [1.165, 1.54) is 5.56 Å². The molecule has 6 nitrogen and oxygen atoms in total. The first-order chi connectivity index (χ1) is 14.5. The molecule has 2 fully saturated rings. The van der Waals surface area contributed by atoms with Crippen LogP contribution in [0.15, 0.2) is 48.5 Å². The van der Waals surface area contributed by atoms with Crippen molar-refractivity contribution in [3.63, 3.8) is 0 Å². The number of fused-ring (bicyclic) bond motifs is 2. The number of nitrogens with two attached hydrogens (primary N) is 1. The van der Waals surface area contributed by atoms with Crippen LogP contribution in [0.5, 0.6) is 5.75 Å². The number of nitrogens with one attached hydrogen (secondary N) is 1. The summed E-state index contributed by atoms with van der Waals surface area (Å²) >= 11 is 5.99. The third kappa shape index (κ3) is 4.77. The molecule has 2 aromatic rings. The number of rotatable bonds is 7. The van der Waals surface area contributed by atoms with Crippen LogP contribution in [0.1, 0.15) is 41.6 Å². The van der Waals surface area contributed by atoms with Gasteiger partial charge in [0.1, 0.15) is 5.75 Å². The molecule has 0 radical (unpaired) electrons. The maximum absolute atomic E-state index is 12.4. The minimum absolute atomic E-state index is 0.134. The van der Waals surface area contributed by atoms with Gasteiger partial charge in [0.2, 0.25) is 0 Å². The maximum Gasteiger partial charge on any atom is 0.258 e. The summed E-state index contributed by atoms with van der Waals surface area (Å²) in [5, 5.41) is 3.86. The Labute approximate surface area is 181 Å². The normalized spacial score (nSPS) is 23.2. The highest BCUT2D eigenvalue weighted by atomic mass is 35.5. The molecule has 2 heterocycles. The lowest BCUT2D eigenvalue weighted by atomic mass is 9.96. The predicted molar refractivity (Wildman–Crippen MR) is 115 cm³/mol. The first-order valence-electron chi connectivity index (χ1n) is 10.3. The van der Waals surface area contributed by atoms with E-state index in [2.05, 4.69) is 22.3 Å². The van der Waals surface area contributed by atoms with E-state index < -0.39 is 5.91 Å². The summed E-state index contributed by atoms with van der Waals surface area (Å²) in [6.07, 6.45) is 4.20. The molecule has 0 saturated carbocycles. The highest BCUT2D eigenvalue weighted by Crippen LogP contribution is 2.37. The Bertz CT molecular complexity index is 904. The van der Waals surface area contributed by atoms with Gasteiger partial charge in [0.05, 0.1) is 5.56 Å². The predicted octanol–water partition coefficient (Wildman–Crippen LogP) is 3.13. The summed E-state index contributed by atoms with van der Waals surface area (Å²) in [5.41, 5.74) is 6.89. The van der Waals surface area contributed by atoms with E-state index in [1.54, 1.807) is 24.3 Å². The number of hydrogen-bond donors (Lipinski definition) is 2. The monoisotopic (exact) mass is 427 g/mol. The van der Waals surface area contributed by atoms with Gasteiger partial charge in [0.25, 0.3) is 11.8 Å². The topological polar surface area (TPSA) is 84.7 Å². The van der Waals surface area contributed by atoms with Crippen LogP contribution in [-0.2, 0) is 11.3 Å². The van der Waals surface area contributed by atoms with Crippen LogP contribution in [0.25, 0.3) is 0 Å². The fraction of sp³-hybridized carbons (Fsp3) is 0.391. The summed E-state index contributed by atoms with van der Waals surface area (Å²) in [7, 11) is 0. The molecule has 158 valence electrons. The fourth-order valence-electron chi connectivity index (χ4n) is 4.66. The number of benzene rings is 2. The number of ether oxygens (including phenoxy) is 1. The second kappa shape index (κ2) is 9.06. The number of piperidine rings is 1. The number of para-hydroxylation sites is 1. The Morgan fingerprint density at radius 2 is 1.73 bits per heavy atom. The molecular formula is C23H26ClN3O3. The summed E-state index contributed by atoms with van der Waals surface area (Å²) < 4.78 is 5.55. The van der Waals surface area contributed by atoms with Gasteiger partial charge in [-0.05, 0) is 55.5 Å². The zero-order valence-electron chi connectivity index (χ0n) is 16.7. The molecule has 2 aromatic carbocycles. The van der Waals surface area contributed by atoms with Crippen molar-refractivity contribution in [2.75, 3.05) is 6.61 Å². The minimum atomic E-state index is -0.573. The molecule has 3 atom stereocenters. The van der Waals surface area contributed by atoms with Crippen molar-refractivity contribution in [3.05, 3.63) is 64.7 Å². The lowest BCUT2D eigenvalue weighted by molar-refractivity contribution is -0.124. The van der Waals surface area contributed by atoms with Crippen molar-refractivity contribution in [1.29, 1.82) is 0 Å². The van der Waals surface area contributed by atoms with E-state index in [0.717, 1.165) is 37.3 Å². The molecule has 0 aromatic heterocycles.